The van der Waals surface area contributed by atoms with Crippen LogP contribution in [0.25, 0.3) is 0 Å². The molecule has 2 aliphatic rings. The van der Waals surface area contributed by atoms with Gasteiger partial charge in [0, 0.05) is 25.7 Å². The standard InChI is InChI=1S/C21H23F2N3O3/c1-24-17-10-8-14(7-9-16(22)23)18(13-5-3-2-4-6-13)26(17)25-12-11-15(27)20(28)19(25)21(24)29/h2-6,11-12,14,16-18,28H,7-10H2,1H3. The van der Waals surface area contributed by atoms with Crippen molar-refractivity contribution in [3.63, 3.8) is 0 Å². The summed E-state index contributed by atoms with van der Waals surface area (Å²) in [5.41, 5.74) is 0.231. The van der Waals surface area contributed by atoms with Crippen molar-refractivity contribution >= 4 is 5.91 Å². The van der Waals surface area contributed by atoms with Gasteiger partial charge in [0.2, 0.25) is 11.9 Å². The fourth-order valence-corrected chi connectivity index (χ4v) is 4.63. The third kappa shape index (κ3) is 3.26. The quantitative estimate of drug-likeness (QED) is 0.852. The normalized spacial score (nSPS) is 23.9. The molecule has 8 heteroatoms. The Morgan fingerprint density at radius 2 is 1.86 bits per heavy atom. The van der Waals surface area contributed by atoms with Gasteiger partial charge in [-0.2, -0.15) is 0 Å². The van der Waals surface area contributed by atoms with Crippen molar-refractivity contribution in [3.05, 3.63) is 64.1 Å². The zero-order valence-electron chi connectivity index (χ0n) is 16.0. The second kappa shape index (κ2) is 7.50. The minimum atomic E-state index is -2.37. The van der Waals surface area contributed by atoms with Gasteiger partial charge in [-0.05, 0) is 30.7 Å². The van der Waals surface area contributed by atoms with Gasteiger partial charge in [0.05, 0.1) is 6.04 Å². The molecular formula is C21H23F2N3O3. The predicted molar refractivity (Wildman–Crippen MR) is 104 cm³/mol. The summed E-state index contributed by atoms with van der Waals surface area (Å²) < 4.78 is 27.5. The van der Waals surface area contributed by atoms with Gasteiger partial charge in [-0.25, -0.2) is 8.78 Å². The molecule has 6 nitrogen and oxygen atoms in total. The molecule has 0 saturated carbocycles. The highest BCUT2D eigenvalue weighted by Gasteiger charge is 2.46. The van der Waals surface area contributed by atoms with E-state index in [-0.39, 0.29) is 30.2 Å². The Kier molecular flexibility index (Phi) is 5.02. The fraction of sp³-hybridized carbons (Fsp3) is 0.429. The number of piperidine rings is 1. The van der Waals surface area contributed by atoms with Crippen molar-refractivity contribution in [2.24, 2.45) is 5.92 Å². The Labute approximate surface area is 166 Å². The summed E-state index contributed by atoms with van der Waals surface area (Å²) in [5, 5.41) is 12.3. The minimum Gasteiger partial charge on any atom is -0.502 e. The van der Waals surface area contributed by atoms with Crippen LogP contribution in [0.1, 0.15) is 47.8 Å². The maximum atomic E-state index is 13.0. The molecule has 29 heavy (non-hydrogen) atoms. The molecule has 1 N–H and O–H groups in total. The molecule has 1 aromatic heterocycles. The molecular weight excluding hydrogens is 380 g/mol. The minimum absolute atomic E-state index is 0.0568. The fourth-order valence-electron chi connectivity index (χ4n) is 4.63. The summed E-state index contributed by atoms with van der Waals surface area (Å²) in [6, 6.07) is 10.5. The van der Waals surface area contributed by atoms with Crippen LogP contribution in [-0.4, -0.2) is 40.2 Å². The first-order chi connectivity index (χ1) is 13.9. The number of hydrogen-bond acceptors (Lipinski definition) is 4. The maximum Gasteiger partial charge on any atom is 0.277 e. The highest BCUT2D eigenvalue weighted by molar-refractivity contribution is 5.96. The van der Waals surface area contributed by atoms with Crippen LogP contribution in [0.5, 0.6) is 5.75 Å². The van der Waals surface area contributed by atoms with Gasteiger partial charge >= 0.3 is 0 Å². The van der Waals surface area contributed by atoms with Crippen molar-refractivity contribution < 1.29 is 18.7 Å². The van der Waals surface area contributed by atoms with E-state index in [9.17, 15) is 23.5 Å². The van der Waals surface area contributed by atoms with E-state index >= 15 is 0 Å². The van der Waals surface area contributed by atoms with E-state index in [0.717, 1.165) is 5.56 Å². The topological polar surface area (TPSA) is 65.8 Å². The van der Waals surface area contributed by atoms with Gasteiger partial charge in [-0.1, -0.05) is 30.3 Å². The third-order valence-electron chi connectivity index (χ3n) is 6.00. The summed E-state index contributed by atoms with van der Waals surface area (Å²) in [5.74, 6) is -1.08. The Balaban J connectivity index is 1.86. The van der Waals surface area contributed by atoms with Gasteiger partial charge < -0.3 is 10.0 Å². The highest BCUT2D eigenvalue weighted by Crippen LogP contribution is 2.43. The van der Waals surface area contributed by atoms with Crippen LogP contribution in [0.4, 0.5) is 8.78 Å². The largest absolute Gasteiger partial charge is 0.502 e. The summed E-state index contributed by atoms with van der Waals surface area (Å²) >= 11 is 0. The van der Waals surface area contributed by atoms with Crippen LogP contribution in [0, 0.1) is 5.92 Å². The van der Waals surface area contributed by atoms with E-state index in [1.165, 1.54) is 21.8 Å². The number of alkyl halides is 2. The number of aromatic hydroxyl groups is 1. The molecule has 1 amide bonds. The number of rotatable bonds is 4. The number of carbonyl (C=O) groups excluding carboxylic acids is 1. The molecule has 0 radical (unpaired) electrons. The number of hydrogen-bond donors (Lipinski definition) is 1. The number of pyridine rings is 1. The molecule has 2 aliphatic heterocycles. The van der Waals surface area contributed by atoms with Crippen LogP contribution >= 0.6 is 0 Å². The molecule has 154 valence electrons. The van der Waals surface area contributed by atoms with Gasteiger partial charge in [0.15, 0.2) is 11.4 Å². The molecule has 2 aromatic rings. The molecule has 1 saturated heterocycles. The first-order valence-corrected chi connectivity index (χ1v) is 9.73. The van der Waals surface area contributed by atoms with Crippen LogP contribution in [-0.2, 0) is 0 Å². The summed E-state index contributed by atoms with van der Waals surface area (Å²) in [4.78, 5) is 26.3. The Hall–Kier alpha value is -2.90. The Bertz CT molecular complexity index is 963. The zero-order chi connectivity index (χ0) is 20.7. The molecule has 0 aliphatic carbocycles. The number of aromatic nitrogens is 1. The van der Waals surface area contributed by atoms with Crippen LogP contribution in [0.2, 0.25) is 0 Å². The number of benzene rings is 1. The van der Waals surface area contributed by atoms with Crippen molar-refractivity contribution in [2.45, 2.75) is 44.3 Å². The number of halogens is 2. The smallest absolute Gasteiger partial charge is 0.277 e. The van der Waals surface area contributed by atoms with E-state index in [1.807, 2.05) is 35.3 Å². The lowest BCUT2D eigenvalue weighted by atomic mass is 9.81. The molecule has 1 fully saturated rings. The lowest BCUT2D eigenvalue weighted by Gasteiger charge is -2.54. The van der Waals surface area contributed by atoms with Gasteiger partial charge in [-0.15, -0.1) is 0 Å². The van der Waals surface area contributed by atoms with Crippen molar-refractivity contribution in [3.8, 4) is 5.75 Å². The molecule has 0 spiro atoms. The number of nitrogens with zero attached hydrogens (tertiary/aromatic N) is 3. The van der Waals surface area contributed by atoms with Crippen LogP contribution < -0.4 is 10.4 Å². The molecule has 0 bridgehead atoms. The van der Waals surface area contributed by atoms with Gasteiger partial charge in [0.25, 0.3) is 5.91 Å². The maximum absolute atomic E-state index is 13.0. The van der Waals surface area contributed by atoms with Crippen molar-refractivity contribution in [1.82, 2.24) is 9.58 Å². The molecule has 3 unspecified atom stereocenters. The number of carbonyl (C=O) groups is 1. The average Bonchev–Trinajstić information content (AvgIpc) is 2.72. The second-order valence-electron chi connectivity index (χ2n) is 7.66. The summed E-state index contributed by atoms with van der Waals surface area (Å²) in [6.45, 7) is 0. The van der Waals surface area contributed by atoms with Gasteiger partial charge in [-0.3, -0.25) is 19.3 Å². The predicted octanol–water partition coefficient (Wildman–Crippen LogP) is 3.10. The van der Waals surface area contributed by atoms with Crippen LogP contribution in [0.3, 0.4) is 0 Å². The highest BCUT2D eigenvalue weighted by atomic mass is 19.3. The van der Waals surface area contributed by atoms with E-state index in [2.05, 4.69) is 0 Å². The summed E-state index contributed by atoms with van der Waals surface area (Å²) in [6.07, 6.45) is 0.286. The van der Waals surface area contributed by atoms with E-state index in [1.54, 1.807) is 7.05 Å². The lowest BCUT2D eigenvalue weighted by molar-refractivity contribution is 0.0463. The SMILES string of the molecule is CN1C(=O)c2c(O)c(=O)ccn2N2C(c3ccccc3)C(CCC(F)F)CCC12. The summed E-state index contributed by atoms with van der Waals surface area (Å²) in [7, 11) is 1.64. The molecule has 4 rings (SSSR count). The van der Waals surface area contributed by atoms with Crippen LogP contribution in [0.15, 0.2) is 47.4 Å². The molecule has 1 aromatic carbocycles. The molecule has 3 heterocycles. The Morgan fingerprint density at radius 1 is 1.14 bits per heavy atom. The third-order valence-corrected chi connectivity index (χ3v) is 6.00. The monoisotopic (exact) mass is 403 g/mol. The number of fused-ring (bicyclic) bond motifs is 3. The van der Waals surface area contributed by atoms with Crippen molar-refractivity contribution in [1.29, 1.82) is 0 Å². The van der Waals surface area contributed by atoms with Crippen molar-refractivity contribution in [2.75, 3.05) is 12.1 Å². The van der Waals surface area contributed by atoms with E-state index < -0.39 is 23.5 Å². The lowest BCUT2D eigenvalue weighted by Crippen LogP contribution is -2.64. The number of amides is 1. The first-order valence-electron chi connectivity index (χ1n) is 9.73. The van der Waals surface area contributed by atoms with Gasteiger partial charge in [0.1, 0.15) is 6.17 Å². The zero-order valence-corrected chi connectivity index (χ0v) is 16.0. The van der Waals surface area contributed by atoms with E-state index in [0.29, 0.717) is 19.3 Å². The second-order valence-corrected chi connectivity index (χ2v) is 7.66. The first kappa shape index (κ1) is 19.4. The molecule has 3 atom stereocenters. The Morgan fingerprint density at radius 3 is 2.55 bits per heavy atom. The average molecular weight is 403 g/mol. The van der Waals surface area contributed by atoms with E-state index in [4.69, 9.17) is 0 Å².